The summed E-state index contributed by atoms with van der Waals surface area (Å²) >= 11 is 0. The number of fused-ring (bicyclic) bond motifs is 1. The Morgan fingerprint density at radius 2 is 2.15 bits per heavy atom. The Hall–Kier alpha value is -2.20. The van der Waals surface area contributed by atoms with Gasteiger partial charge in [0.05, 0.1) is 7.11 Å². The number of halogens is 1. The van der Waals surface area contributed by atoms with Gasteiger partial charge in [0.2, 0.25) is 10.0 Å². The first-order chi connectivity index (χ1) is 12.9. The van der Waals surface area contributed by atoms with Gasteiger partial charge in [-0.05, 0) is 37.5 Å². The summed E-state index contributed by atoms with van der Waals surface area (Å²) in [6.45, 7) is 2.92. The summed E-state index contributed by atoms with van der Waals surface area (Å²) in [5.74, 6) is 0.0834. The summed E-state index contributed by atoms with van der Waals surface area (Å²) in [7, 11) is -2.64. The molecule has 1 unspecified atom stereocenters. The molecule has 1 aliphatic heterocycles. The van der Waals surface area contributed by atoms with Gasteiger partial charge in [-0.25, -0.2) is 27.0 Å². The van der Waals surface area contributed by atoms with Crippen molar-refractivity contribution in [3.05, 3.63) is 40.3 Å². The van der Waals surface area contributed by atoms with Crippen molar-refractivity contribution in [2.45, 2.75) is 56.6 Å². The molecule has 1 aliphatic rings. The van der Waals surface area contributed by atoms with Crippen molar-refractivity contribution in [1.29, 1.82) is 0 Å². The highest BCUT2D eigenvalue weighted by Crippen LogP contribution is 2.25. The van der Waals surface area contributed by atoms with Crippen LogP contribution in [0.25, 0.3) is 0 Å². The molecule has 27 heavy (non-hydrogen) atoms. The predicted molar refractivity (Wildman–Crippen MR) is 96.8 cm³/mol. The average molecular weight is 398 g/mol. The van der Waals surface area contributed by atoms with Gasteiger partial charge < -0.3 is 4.74 Å². The van der Waals surface area contributed by atoms with Gasteiger partial charge in [-0.1, -0.05) is 6.92 Å². The molecule has 3 rings (SSSR count). The Labute approximate surface area is 157 Å². The molecule has 1 N–H and O–H groups in total. The van der Waals surface area contributed by atoms with E-state index in [4.69, 9.17) is 4.74 Å². The number of methoxy groups -OCH3 is 1. The van der Waals surface area contributed by atoms with E-state index in [1.54, 1.807) is 4.57 Å². The van der Waals surface area contributed by atoms with Gasteiger partial charge in [0.1, 0.15) is 22.3 Å². The highest BCUT2D eigenvalue weighted by atomic mass is 32.2. The number of sulfonamides is 1. The van der Waals surface area contributed by atoms with E-state index in [9.17, 15) is 17.6 Å². The Morgan fingerprint density at radius 1 is 1.37 bits per heavy atom. The zero-order valence-electron chi connectivity index (χ0n) is 15.3. The van der Waals surface area contributed by atoms with Crippen molar-refractivity contribution in [3.63, 3.8) is 0 Å². The molecule has 8 nitrogen and oxygen atoms in total. The quantitative estimate of drug-likeness (QED) is 0.791. The third-order valence-corrected chi connectivity index (χ3v) is 6.13. The van der Waals surface area contributed by atoms with E-state index in [-0.39, 0.29) is 22.4 Å². The van der Waals surface area contributed by atoms with E-state index in [0.29, 0.717) is 38.2 Å². The minimum Gasteiger partial charge on any atom is -0.495 e. The molecule has 1 aromatic carbocycles. The fraction of sp³-hybridized carbons (Fsp3) is 0.529. The van der Waals surface area contributed by atoms with Crippen molar-refractivity contribution in [3.8, 4) is 5.75 Å². The highest BCUT2D eigenvalue weighted by Gasteiger charge is 2.27. The van der Waals surface area contributed by atoms with E-state index in [1.807, 2.05) is 6.92 Å². The van der Waals surface area contributed by atoms with Crippen molar-refractivity contribution in [2.24, 2.45) is 0 Å². The molecular weight excluding hydrogens is 375 g/mol. The van der Waals surface area contributed by atoms with E-state index < -0.39 is 15.8 Å². The fourth-order valence-electron chi connectivity index (χ4n) is 3.25. The average Bonchev–Trinajstić information content (AvgIpc) is 2.79. The van der Waals surface area contributed by atoms with E-state index in [2.05, 4.69) is 9.82 Å². The number of aromatic nitrogens is 3. The van der Waals surface area contributed by atoms with Crippen molar-refractivity contribution in [1.82, 2.24) is 19.1 Å². The third kappa shape index (κ3) is 4.06. The van der Waals surface area contributed by atoms with Crippen molar-refractivity contribution >= 4 is 10.0 Å². The van der Waals surface area contributed by atoms with E-state index in [1.165, 1.54) is 17.9 Å². The second kappa shape index (κ2) is 7.81. The number of ether oxygens (including phenoxy) is 1. The van der Waals surface area contributed by atoms with E-state index >= 15 is 0 Å². The summed E-state index contributed by atoms with van der Waals surface area (Å²) < 4.78 is 49.7. The van der Waals surface area contributed by atoms with Gasteiger partial charge in [-0.15, -0.1) is 0 Å². The molecule has 0 spiro atoms. The number of nitrogens with one attached hydrogen (secondary N) is 1. The molecule has 2 aromatic rings. The van der Waals surface area contributed by atoms with Crippen LogP contribution in [0.15, 0.2) is 27.9 Å². The van der Waals surface area contributed by atoms with Crippen molar-refractivity contribution < 1.29 is 17.5 Å². The Kier molecular flexibility index (Phi) is 5.66. The number of benzene rings is 1. The van der Waals surface area contributed by atoms with Crippen LogP contribution in [-0.2, 0) is 29.5 Å². The van der Waals surface area contributed by atoms with Gasteiger partial charge in [0, 0.05) is 25.6 Å². The van der Waals surface area contributed by atoms with Gasteiger partial charge in [0.15, 0.2) is 0 Å². The lowest BCUT2D eigenvalue weighted by atomic mass is 10.1. The normalized spacial score (nSPS) is 17.4. The smallest absolute Gasteiger partial charge is 0.345 e. The summed E-state index contributed by atoms with van der Waals surface area (Å²) in [5, 5.41) is 4.35. The standard InChI is InChI=1S/C17H23FN4O4S/c1-3-9-22-17(23)21-10-8-13(5-7-16(21)19-22)20-27(24,25)15-11-12(18)4-6-14(15)26-2/h4,6,11,13,20H,3,5,7-10H2,1-2H3. The highest BCUT2D eigenvalue weighted by molar-refractivity contribution is 7.89. The number of rotatable bonds is 6. The van der Waals surface area contributed by atoms with Gasteiger partial charge in [0.25, 0.3) is 0 Å². The number of hydrogen-bond acceptors (Lipinski definition) is 5. The van der Waals surface area contributed by atoms with Gasteiger partial charge in [-0.3, -0.25) is 4.57 Å². The largest absolute Gasteiger partial charge is 0.495 e. The molecule has 0 saturated heterocycles. The molecular formula is C17H23FN4O4S. The van der Waals surface area contributed by atoms with Crippen molar-refractivity contribution in [2.75, 3.05) is 7.11 Å². The predicted octanol–water partition coefficient (Wildman–Crippen LogP) is 1.29. The Morgan fingerprint density at radius 3 is 2.85 bits per heavy atom. The summed E-state index contributed by atoms with van der Waals surface area (Å²) in [4.78, 5) is 12.1. The van der Waals surface area contributed by atoms with E-state index in [0.717, 1.165) is 18.6 Å². The monoisotopic (exact) mass is 398 g/mol. The Bertz CT molecular complexity index is 983. The topological polar surface area (TPSA) is 95.2 Å². The van der Waals surface area contributed by atoms with Crippen LogP contribution in [-0.4, -0.2) is 35.9 Å². The van der Waals surface area contributed by atoms with Crippen LogP contribution < -0.4 is 15.1 Å². The maximum absolute atomic E-state index is 13.5. The third-order valence-electron chi connectivity index (χ3n) is 4.59. The molecule has 0 fully saturated rings. The molecule has 10 heteroatoms. The molecule has 0 aliphatic carbocycles. The van der Waals surface area contributed by atoms with Gasteiger partial charge in [-0.2, -0.15) is 5.10 Å². The first kappa shape index (κ1) is 19.6. The summed E-state index contributed by atoms with van der Waals surface area (Å²) in [6.07, 6.45) is 2.24. The second-order valence-electron chi connectivity index (χ2n) is 6.51. The molecule has 148 valence electrons. The molecule has 0 saturated carbocycles. The first-order valence-electron chi connectivity index (χ1n) is 8.88. The maximum atomic E-state index is 13.5. The van der Waals surface area contributed by atoms with Crippen LogP contribution in [0.3, 0.4) is 0 Å². The van der Waals surface area contributed by atoms with Crippen LogP contribution in [0.5, 0.6) is 5.75 Å². The minimum atomic E-state index is -3.97. The zero-order valence-corrected chi connectivity index (χ0v) is 16.1. The second-order valence-corrected chi connectivity index (χ2v) is 8.20. The molecule has 1 aromatic heterocycles. The molecule has 0 radical (unpaired) electrons. The summed E-state index contributed by atoms with van der Waals surface area (Å²) in [5.41, 5.74) is -0.165. The molecule has 0 amide bonds. The molecule has 2 heterocycles. The fourth-order valence-corrected chi connectivity index (χ4v) is 4.73. The molecule has 0 bridgehead atoms. The number of hydrogen-bond donors (Lipinski definition) is 1. The van der Waals surface area contributed by atoms with Crippen LogP contribution in [0, 0.1) is 5.82 Å². The lowest BCUT2D eigenvalue weighted by Gasteiger charge is -2.17. The SMILES string of the molecule is CCCn1nc2n(c1=O)CCC(NS(=O)(=O)c1cc(F)ccc1OC)CC2. The molecule has 1 atom stereocenters. The first-order valence-corrected chi connectivity index (χ1v) is 10.4. The Balaban J connectivity index is 1.78. The zero-order chi connectivity index (χ0) is 19.6. The lowest BCUT2D eigenvalue weighted by molar-refractivity contribution is 0.399. The minimum absolute atomic E-state index is 0.0768. The maximum Gasteiger partial charge on any atom is 0.345 e. The lowest BCUT2D eigenvalue weighted by Crippen LogP contribution is -2.36. The number of nitrogens with zero attached hydrogens (tertiary/aromatic N) is 3. The van der Waals surface area contributed by atoms with Crippen LogP contribution in [0.4, 0.5) is 4.39 Å². The summed E-state index contributed by atoms with van der Waals surface area (Å²) in [6, 6.07) is 2.97. The van der Waals surface area contributed by atoms with Crippen LogP contribution in [0.2, 0.25) is 0 Å². The van der Waals surface area contributed by atoms with Crippen LogP contribution in [0.1, 0.15) is 32.0 Å². The number of aryl methyl sites for hydroxylation is 2. The van der Waals surface area contributed by atoms with Gasteiger partial charge >= 0.3 is 5.69 Å². The van der Waals surface area contributed by atoms with Crippen LogP contribution >= 0.6 is 0 Å².